The molecule has 0 aliphatic carbocycles. The van der Waals surface area contributed by atoms with Crippen LogP contribution in [0.3, 0.4) is 0 Å². The number of amides is 1. The largest absolute Gasteiger partial charge is 0.465 e. The topological polar surface area (TPSA) is 52.6 Å². The van der Waals surface area contributed by atoms with E-state index in [1.165, 1.54) is 89.9 Å². The van der Waals surface area contributed by atoms with Crippen LogP contribution in [-0.2, 0) is 0 Å². The number of nitrogens with zero attached hydrogens (tertiary/aromatic N) is 1. The first-order valence-corrected chi connectivity index (χ1v) is 14.0. The first-order valence-electron chi connectivity index (χ1n) is 14.0. The van der Waals surface area contributed by atoms with Gasteiger partial charge in [0.15, 0.2) is 0 Å². The second kappa shape index (κ2) is 16.0. The van der Waals surface area contributed by atoms with E-state index in [0.29, 0.717) is 6.54 Å². The van der Waals surface area contributed by atoms with E-state index < -0.39 is 6.09 Å². The van der Waals surface area contributed by atoms with Crippen LogP contribution in [0.2, 0.25) is 0 Å². The lowest BCUT2D eigenvalue weighted by Crippen LogP contribution is -2.62. The van der Waals surface area contributed by atoms with Gasteiger partial charge < -0.3 is 15.3 Å². The lowest BCUT2D eigenvalue weighted by atomic mass is 9.79. The summed E-state index contributed by atoms with van der Waals surface area (Å²) in [5.41, 5.74) is -0.0382. The van der Waals surface area contributed by atoms with Gasteiger partial charge in [0, 0.05) is 23.7 Å². The summed E-state index contributed by atoms with van der Waals surface area (Å²) in [4.78, 5) is 13.6. The third kappa shape index (κ3) is 13.7. The van der Waals surface area contributed by atoms with E-state index in [1.54, 1.807) is 4.90 Å². The molecule has 4 heteroatoms. The van der Waals surface area contributed by atoms with Crippen molar-refractivity contribution in [3.05, 3.63) is 0 Å². The fourth-order valence-electron chi connectivity index (χ4n) is 5.75. The Labute approximate surface area is 200 Å². The molecule has 32 heavy (non-hydrogen) atoms. The quantitative estimate of drug-likeness (QED) is 0.205. The number of hydrogen-bond acceptors (Lipinski definition) is 2. The van der Waals surface area contributed by atoms with Crippen LogP contribution in [0, 0.1) is 0 Å². The predicted molar refractivity (Wildman–Crippen MR) is 139 cm³/mol. The highest BCUT2D eigenvalue weighted by atomic mass is 16.4. The van der Waals surface area contributed by atoms with Gasteiger partial charge in [-0.15, -0.1) is 0 Å². The summed E-state index contributed by atoms with van der Waals surface area (Å²) in [5.74, 6) is 0. The van der Waals surface area contributed by atoms with Crippen molar-refractivity contribution in [3.63, 3.8) is 0 Å². The third-order valence-electron chi connectivity index (χ3n) is 7.11. The van der Waals surface area contributed by atoms with E-state index in [-0.39, 0.29) is 17.1 Å². The van der Waals surface area contributed by atoms with Gasteiger partial charge in [0.05, 0.1) is 0 Å². The highest BCUT2D eigenvalue weighted by Crippen LogP contribution is 2.32. The van der Waals surface area contributed by atoms with Gasteiger partial charge in [-0.05, 0) is 47.0 Å². The molecule has 1 fully saturated rings. The number of nitrogens with one attached hydrogen (secondary N) is 1. The Morgan fingerprint density at radius 2 is 1.06 bits per heavy atom. The van der Waals surface area contributed by atoms with Crippen LogP contribution in [0.4, 0.5) is 4.79 Å². The predicted octanol–water partition coefficient (Wildman–Crippen LogP) is 8.54. The molecule has 1 saturated heterocycles. The molecule has 0 aromatic heterocycles. The van der Waals surface area contributed by atoms with Gasteiger partial charge in [-0.2, -0.15) is 0 Å². The molecule has 190 valence electrons. The zero-order valence-electron chi connectivity index (χ0n) is 22.3. The van der Waals surface area contributed by atoms with Crippen LogP contribution < -0.4 is 5.32 Å². The molecule has 0 spiro atoms. The standard InChI is InChI=1S/C28H56N2O2/c1-6-7-8-9-10-11-12-13-14-15-16-17-18-19-20-21-22-30(26(31)32)25-23-27(2,3)29-28(4,5)24-25/h25,29H,6-24H2,1-5H3,(H,31,32). The van der Waals surface area contributed by atoms with Gasteiger partial charge in [0.1, 0.15) is 0 Å². The van der Waals surface area contributed by atoms with Crippen LogP contribution in [-0.4, -0.2) is 39.8 Å². The van der Waals surface area contributed by atoms with Crippen molar-refractivity contribution >= 4 is 6.09 Å². The van der Waals surface area contributed by atoms with Crippen LogP contribution in [0.5, 0.6) is 0 Å². The molecular weight excluding hydrogens is 396 g/mol. The zero-order chi connectivity index (χ0) is 23.9. The van der Waals surface area contributed by atoms with Crippen LogP contribution in [0.1, 0.15) is 150 Å². The molecule has 0 atom stereocenters. The normalized spacial score (nSPS) is 18.0. The van der Waals surface area contributed by atoms with E-state index >= 15 is 0 Å². The average Bonchev–Trinajstić information content (AvgIpc) is 2.67. The summed E-state index contributed by atoms with van der Waals surface area (Å²) >= 11 is 0. The van der Waals surface area contributed by atoms with Gasteiger partial charge in [0.2, 0.25) is 0 Å². The van der Waals surface area contributed by atoms with E-state index in [1.807, 2.05) is 0 Å². The highest BCUT2D eigenvalue weighted by Gasteiger charge is 2.41. The minimum Gasteiger partial charge on any atom is -0.465 e. The summed E-state index contributed by atoms with van der Waals surface area (Å²) < 4.78 is 0. The molecule has 0 saturated carbocycles. The second-order valence-corrected chi connectivity index (χ2v) is 11.7. The Bertz CT molecular complexity index is 474. The Morgan fingerprint density at radius 1 is 0.719 bits per heavy atom. The Hall–Kier alpha value is -0.770. The minimum atomic E-state index is -0.746. The van der Waals surface area contributed by atoms with Crippen LogP contribution >= 0.6 is 0 Å². The van der Waals surface area contributed by atoms with Crippen molar-refractivity contribution in [2.75, 3.05) is 6.54 Å². The van der Waals surface area contributed by atoms with Gasteiger partial charge in [-0.3, -0.25) is 0 Å². The van der Waals surface area contributed by atoms with Crippen molar-refractivity contribution in [3.8, 4) is 0 Å². The molecule has 1 heterocycles. The average molecular weight is 453 g/mol. The molecule has 0 aromatic carbocycles. The maximum atomic E-state index is 11.9. The fraction of sp³-hybridized carbons (Fsp3) is 0.964. The maximum Gasteiger partial charge on any atom is 0.407 e. The third-order valence-corrected chi connectivity index (χ3v) is 7.11. The molecule has 4 nitrogen and oxygen atoms in total. The summed E-state index contributed by atoms with van der Waals surface area (Å²) in [6.45, 7) is 11.7. The summed E-state index contributed by atoms with van der Waals surface area (Å²) in [5, 5.41) is 13.5. The number of carbonyl (C=O) groups is 1. The second-order valence-electron chi connectivity index (χ2n) is 11.7. The van der Waals surface area contributed by atoms with E-state index in [0.717, 1.165) is 25.7 Å². The molecule has 0 bridgehead atoms. The molecule has 1 rings (SSSR count). The number of carboxylic acid groups (broad SMARTS) is 1. The summed E-state index contributed by atoms with van der Waals surface area (Å²) in [6, 6.07) is 0.120. The van der Waals surface area contributed by atoms with Crippen molar-refractivity contribution in [2.45, 2.75) is 167 Å². The molecule has 0 aromatic rings. The molecule has 0 radical (unpaired) electrons. The number of unbranched alkanes of at least 4 members (excludes halogenated alkanes) is 15. The zero-order valence-corrected chi connectivity index (χ0v) is 22.3. The molecule has 0 unspecified atom stereocenters. The monoisotopic (exact) mass is 452 g/mol. The van der Waals surface area contributed by atoms with Crippen molar-refractivity contribution in [1.29, 1.82) is 0 Å². The van der Waals surface area contributed by atoms with Crippen molar-refractivity contribution in [1.82, 2.24) is 10.2 Å². The summed E-state index contributed by atoms with van der Waals surface area (Å²) in [7, 11) is 0. The van der Waals surface area contributed by atoms with E-state index in [9.17, 15) is 9.90 Å². The van der Waals surface area contributed by atoms with Gasteiger partial charge >= 0.3 is 6.09 Å². The van der Waals surface area contributed by atoms with Gasteiger partial charge in [0.25, 0.3) is 0 Å². The van der Waals surface area contributed by atoms with Crippen LogP contribution in [0.25, 0.3) is 0 Å². The minimum absolute atomic E-state index is 0.0191. The molecular formula is C28H56N2O2. The Balaban J connectivity index is 2.04. The first-order chi connectivity index (χ1) is 15.2. The number of piperidine rings is 1. The maximum absolute atomic E-state index is 11.9. The lowest BCUT2D eigenvalue weighted by molar-refractivity contribution is 0.0618. The van der Waals surface area contributed by atoms with E-state index in [4.69, 9.17) is 0 Å². The number of rotatable bonds is 18. The van der Waals surface area contributed by atoms with Crippen molar-refractivity contribution in [2.24, 2.45) is 0 Å². The lowest BCUT2D eigenvalue weighted by Gasteiger charge is -2.49. The SMILES string of the molecule is CCCCCCCCCCCCCCCCCCN(C(=O)O)C1CC(C)(C)NC(C)(C)C1. The summed E-state index contributed by atoms with van der Waals surface area (Å²) in [6.07, 6.45) is 22.6. The van der Waals surface area contributed by atoms with Gasteiger partial charge in [-0.1, -0.05) is 103 Å². The molecule has 1 aliphatic rings. The Morgan fingerprint density at radius 3 is 1.41 bits per heavy atom. The van der Waals surface area contributed by atoms with E-state index in [2.05, 4.69) is 39.9 Å². The van der Waals surface area contributed by atoms with Gasteiger partial charge in [-0.25, -0.2) is 4.79 Å². The van der Waals surface area contributed by atoms with Crippen molar-refractivity contribution < 1.29 is 9.90 Å². The molecule has 2 N–H and O–H groups in total. The Kier molecular flexibility index (Phi) is 14.6. The highest BCUT2D eigenvalue weighted by molar-refractivity contribution is 5.65. The van der Waals surface area contributed by atoms with Crippen LogP contribution in [0.15, 0.2) is 0 Å². The first kappa shape index (κ1) is 29.3. The smallest absolute Gasteiger partial charge is 0.407 e. The fourth-order valence-corrected chi connectivity index (χ4v) is 5.75. The number of hydrogen-bond donors (Lipinski definition) is 2. The molecule has 1 aliphatic heterocycles. The molecule has 1 amide bonds.